The largest absolute Gasteiger partial charge is 0.341 e. The molecular formula is C12H22N2O. The van der Waals surface area contributed by atoms with E-state index in [-0.39, 0.29) is 6.04 Å². The molecule has 1 amide bonds. The Kier molecular flexibility index (Phi) is 3.62. The zero-order valence-corrected chi connectivity index (χ0v) is 9.45. The van der Waals surface area contributed by atoms with Gasteiger partial charge < -0.3 is 10.6 Å². The van der Waals surface area contributed by atoms with Crippen LogP contribution in [0.1, 0.15) is 44.9 Å². The van der Waals surface area contributed by atoms with Crippen LogP contribution in [0.15, 0.2) is 0 Å². The molecule has 0 spiro atoms. The lowest BCUT2D eigenvalue weighted by Crippen LogP contribution is -2.36. The molecule has 0 aromatic heterocycles. The van der Waals surface area contributed by atoms with Crippen molar-refractivity contribution in [2.75, 3.05) is 13.1 Å². The summed E-state index contributed by atoms with van der Waals surface area (Å²) in [4.78, 5) is 14.2. The summed E-state index contributed by atoms with van der Waals surface area (Å²) in [6.07, 6.45) is 8.27. The Hall–Kier alpha value is -0.570. The molecule has 2 aliphatic rings. The molecule has 2 N–H and O–H groups in total. The van der Waals surface area contributed by atoms with Gasteiger partial charge in [0, 0.05) is 25.0 Å². The van der Waals surface area contributed by atoms with Crippen molar-refractivity contribution in [3.8, 4) is 0 Å². The molecule has 1 saturated carbocycles. The minimum Gasteiger partial charge on any atom is -0.341 e. The summed E-state index contributed by atoms with van der Waals surface area (Å²) in [5.41, 5.74) is 5.83. The molecule has 0 aromatic carbocycles. The standard InChI is InChI=1S/C12H22N2O/c13-11-7-8-14(9-11)12(15)10-5-3-1-2-4-6-10/h10-11H,1-9,13H2/t11-/m0/s1. The molecule has 1 heterocycles. The van der Waals surface area contributed by atoms with Gasteiger partial charge >= 0.3 is 0 Å². The van der Waals surface area contributed by atoms with Crippen molar-refractivity contribution in [2.24, 2.45) is 11.7 Å². The summed E-state index contributed by atoms with van der Waals surface area (Å²) in [7, 11) is 0. The fourth-order valence-electron chi connectivity index (χ4n) is 2.77. The summed E-state index contributed by atoms with van der Waals surface area (Å²) in [6, 6.07) is 0.222. The average Bonchev–Trinajstić information content (AvgIpc) is 2.53. The highest BCUT2D eigenvalue weighted by atomic mass is 16.2. The molecule has 15 heavy (non-hydrogen) atoms. The predicted octanol–water partition coefficient (Wildman–Crippen LogP) is 1.52. The minimum atomic E-state index is 0.222. The third-order valence-electron chi connectivity index (χ3n) is 3.74. The Balaban J connectivity index is 1.88. The Morgan fingerprint density at radius 1 is 1.07 bits per heavy atom. The van der Waals surface area contributed by atoms with E-state index in [2.05, 4.69) is 0 Å². The molecule has 3 nitrogen and oxygen atoms in total. The summed E-state index contributed by atoms with van der Waals surface area (Å²) in [5, 5.41) is 0. The number of nitrogens with two attached hydrogens (primary N) is 1. The minimum absolute atomic E-state index is 0.222. The summed E-state index contributed by atoms with van der Waals surface area (Å²) >= 11 is 0. The highest BCUT2D eigenvalue weighted by molar-refractivity contribution is 5.79. The van der Waals surface area contributed by atoms with E-state index in [1.165, 1.54) is 25.7 Å². The van der Waals surface area contributed by atoms with E-state index in [0.717, 1.165) is 32.4 Å². The van der Waals surface area contributed by atoms with Crippen LogP contribution in [0.5, 0.6) is 0 Å². The fourth-order valence-corrected chi connectivity index (χ4v) is 2.77. The smallest absolute Gasteiger partial charge is 0.225 e. The van der Waals surface area contributed by atoms with Gasteiger partial charge in [-0.3, -0.25) is 4.79 Å². The van der Waals surface area contributed by atoms with Crippen LogP contribution >= 0.6 is 0 Å². The van der Waals surface area contributed by atoms with E-state index in [4.69, 9.17) is 5.73 Å². The van der Waals surface area contributed by atoms with Gasteiger partial charge in [0.15, 0.2) is 0 Å². The summed E-state index contributed by atoms with van der Waals surface area (Å²) in [6.45, 7) is 1.67. The fraction of sp³-hybridized carbons (Fsp3) is 0.917. The second-order valence-electron chi connectivity index (χ2n) is 5.02. The first kappa shape index (κ1) is 10.9. The van der Waals surface area contributed by atoms with Crippen LogP contribution in [-0.4, -0.2) is 29.9 Å². The average molecular weight is 210 g/mol. The first-order valence-electron chi connectivity index (χ1n) is 6.32. The van der Waals surface area contributed by atoms with Gasteiger partial charge in [-0.1, -0.05) is 25.7 Å². The van der Waals surface area contributed by atoms with Gasteiger partial charge in [-0.15, -0.1) is 0 Å². The number of carbonyl (C=O) groups excluding carboxylic acids is 1. The highest BCUT2D eigenvalue weighted by Crippen LogP contribution is 2.25. The van der Waals surface area contributed by atoms with E-state index in [1.54, 1.807) is 0 Å². The third-order valence-corrected chi connectivity index (χ3v) is 3.74. The van der Waals surface area contributed by atoms with Gasteiger partial charge in [-0.25, -0.2) is 0 Å². The number of nitrogens with zero attached hydrogens (tertiary/aromatic N) is 1. The second kappa shape index (κ2) is 4.97. The predicted molar refractivity (Wildman–Crippen MR) is 60.4 cm³/mol. The van der Waals surface area contributed by atoms with E-state index in [9.17, 15) is 4.79 Å². The number of hydrogen-bond donors (Lipinski definition) is 1. The van der Waals surface area contributed by atoms with Gasteiger partial charge in [0.2, 0.25) is 5.91 Å². The van der Waals surface area contributed by atoms with E-state index in [1.807, 2.05) is 4.90 Å². The molecule has 0 aromatic rings. The monoisotopic (exact) mass is 210 g/mol. The third kappa shape index (κ3) is 2.71. The molecule has 2 rings (SSSR count). The summed E-state index contributed by atoms with van der Waals surface area (Å²) in [5.74, 6) is 0.683. The number of rotatable bonds is 1. The van der Waals surface area contributed by atoms with Crippen molar-refractivity contribution < 1.29 is 4.79 Å². The molecule has 0 unspecified atom stereocenters. The van der Waals surface area contributed by atoms with Crippen LogP contribution in [0.2, 0.25) is 0 Å². The van der Waals surface area contributed by atoms with Gasteiger partial charge in [0.05, 0.1) is 0 Å². The van der Waals surface area contributed by atoms with Crippen LogP contribution in [0.4, 0.5) is 0 Å². The Morgan fingerprint density at radius 2 is 1.73 bits per heavy atom. The van der Waals surface area contributed by atoms with E-state index >= 15 is 0 Å². The zero-order chi connectivity index (χ0) is 10.7. The molecule has 1 saturated heterocycles. The molecular weight excluding hydrogens is 188 g/mol. The number of likely N-dealkylation sites (tertiary alicyclic amines) is 1. The molecule has 0 bridgehead atoms. The normalized spacial score (nSPS) is 29.1. The van der Waals surface area contributed by atoms with E-state index < -0.39 is 0 Å². The molecule has 1 aliphatic heterocycles. The molecule has 3 heteroatoms. The van der Waals surface area contributed by atoms with Gasteiger partial charge in [0.25, 0.3) is 0 Å². The van der Waals surface area contributed by atoms with Crippen molar-refractivity contribution in [1.29, 1.82) is 0 Å². The van der Waals surface area contributed by atoms with E-state index in [0.29, 0.717) is 11.8 Å². The molecule has 1 atom stereocenters. The van der Waals surface area contributed by atoms with Crippen molar-refractivity contribution in [3.05, 3.63) is 0 Å². The topological polar surface area (TPSA) is 46.3 Å². The Morgan fingerprint density at radius 3 is 2.27 bits per heavy atom. The van der Waals surface area contributed by atoms with Crippen LogP contribution in [0, 0.1) is 5.92 Å². The van der Waals surface area contributed by atoms with Crippen LogP contribution in [0.25, 0.3) is 0 Å². The maximum atomic E-state index is 12.2. The maximum Gasteiger partial charge on any atom is 0.225 e. The molecule has 2 fully saturated rings. The first-order chi connectivity index (χ1) is 7.27. The lowest BCUT2D eigenvalue weighted by Gasteiger charge is -2.22. The lowest BCUT2D eigenvalue weighted by molar-refractivity contribution is -0.134. The molecule has 1 aliphatic carbocycles. The number of hydrogen-bond acceptors (Lipinski definition) is 2. The van der Waals surface area contributed by atoms with Gasteiger partial charge in [-0.2, -0.15) is 0 Å². The SMILES string of the molecule is N[C@H]1CCN(C(=O)C2CCCCCC2)C1. The Labute approximate surface area is 92.0 Å². The van der Waals surface area contributed by atoms with Crippen molar-refractivity contribution in [2.45, 2.75) is 51.0 Å². The quantitative estimate of drug-likeness (QED) is 0.667. The number of carbonyl (C=O) groups is 1. The van der Waals surface area contributed by atoms with Gasteiger partial charge in [-0.05, 0) is 19.3 Å². The second-order valence-corrected chi connectivity index (χ2v) is 5.02. The number of amides is 1. The maximum absolute atomic E-state index is 12.2. The summed E-state index contributed by atoms with van der Waals surface area (Å²) < 4.78 is 0. The molecule has 0 radical (unpaired) electrons. The Bertz CT molecular complexity index is 222. The zero-order valence-electron chi connectivity index (χ0n) is 9.45. The van der Waals surface area contributed by atoms with Gasteiger partial charge in [0.1, 0.15) is 0 Å². The van der Waals surface area contributed by atoms with Crippen LogP contribution in [0.3, 0.4) is 0 Å². The lowest BCUT2D eigenvalue weighted by atomic mass is 9.99. The highest BCUT2D eigenvalue weighted by Gasteiger charge is 2.29. The molecule has 86 valence electrons. The van der Waals surface area contributed by atoms with Crippen LogP contribution in [-0.2, 0) is 4.79 Å². The van der Waals surface area contributed by atoms with Crippen molar-refractivity contribution >= 4 is 5.91 Å². The van der Waals surface area contributed by atoms with Crippen molar-refractivity contribution in [3.63, 3.8) is 0 Å². The first-order valence-corrected chi connectivity index (χ1v) is 6.32. The van der Waals surface area contributed by atoms with Crippen molar-refractivity contribution in [1.82, 2.24) is 4.90 Å². The van der Waals surface area contributed by atoms with Crippen LogP contribution < -0.4 is 5.73 Å².